The van der Waals surface area contributed by atoms with Crippen LogP contribution in [0.2, 0.25) is 0 Å². The lowest BCUT2D eigenvalue weighted by molar-refractivity contribution is -0.138. The third-order valence-corrected chi connectivity index (χ3v) is 2.72. The second kappa shape index (κ2) is 3.93. The van der Waals surface area contributed by atoms with Gasteiger partial charge < -0.3 is 5.11 Å². The summed E-state index contributed by atoms with van der Waals surface area (Å²) in [5, 5.41) is 10.1. The Kier molecular flexibility index (Phi) is 2.60. The molecule has 0 aliphatic heterocycles. The standard InChI is InChI=1S/C13H11FO2/c1-8(13(15)16)10-6-5-9-3-2-4-12(14)11(9)7-10/h2-8H,1H3,(H,15,16). The maximum absolute atomic E-state index is 13.5. The number of carboxylic acid groups (broad SMARTS) is 1. The first-order valence-corrected chi connectivity index (χ1v) is 5.00. The topological polar surface area (TPSA) is 37.3 Å². The van der Waals surface area contributed by atoms with E-state index in [0.29, 0.717) is 10.9 Å². The average molecular weight is 218 g/mol. The van der Waals surface area contributed by atoms with E-state index in [0.717, 1.165) is 5.39 Å². The molecule has 0 aromatic heterocycles. The first kappa shape index (κ1) is 10.6. The van der Waals surface area contributed by atoms with Crippen molar-refractivity contribution in [1.82, 2.24) is 0 Å². The van der Waals surface area contributed by atoms with Gasteiger partial charge in [-0.05, 0) is 30.0 Å². The van der Waals surface area contributed by atoms with Gasteiger partial charge in [-0.15, -0.1) is 0 Å². The lowest BCUT2D eigenvalue weighted by Gasteiger charge is -2.08. The van der Waals surface area contributed by atoms with Crippen LogP contribution < -0.4 is 0 Å². The zero-order valence-electron chi connectivity index (χ0n) is 8.77. The van der Waals surface area contributed by atoms with E-state index in [9.17, 15) is 9.18 Å². The van der Waals surface area contributed by atoms with E-state index in [4.69, 9.17) is 5.11 Å². The van der Waals surface area contributed by atoms with E-state index in [-0.39, 0.29) is 5.82 Å². The van der Waals surface area contributed by atoms with Gasteiger partial charge in [0, 0.05) is 5.39 Å². The minimum Gasteiger partial charge on any atom is -0.481 e. The van der Waals surface area contributed by atoms with Crippen molar-refractivity contribution in [2.24, 2.45) is 0 Å². The average Bonchev–Trinajstić information content (AvgIpc) is 2.28. The zero-order chi connectivity index (χ0) is 11.7. The second-order valence-corrected chi connectivity index (χ2v) is 3.78. The first-order valence-electron chi connectivity index (χ1n) is 5.00. The molecule has 82 valence electrons. The molecule has 2 aromatic rings. The fraction of sp³-hybridized carbons (Fsp3) is 0.154. The van der Waals surface area contributed by atoms with Gasteiger partial charge in [-0.2, -0.15) is 0 Å². The maximum Gasteiger partial charge on any atom is 0.310 e. The highest BCUT2D eigenvalue weighted by molar-refractivity contribution is 5.85. The lowest BCUT2D eigenvalue weighted by atomic mass is 9.98. The fourth-order valence-electron chi connectivity index (χ4n) is 1.66. The summed E-state index contributed by atoms with van der Waals surface area (Å²) >= 11 is 0. The number of carbonyl (C=O) groups is 1. The molecule has 0 spiro atoms. The van der Waals surface area contributed by atoms with Crippen LogP contribution in [-0.4, -0.2) is 11.1 Å². The van der Waals surface area contributed by atoms with Crippen molar-refractivity contribution in [3.63, 3.8) is 0 Å². The van der Waals surface area contributed by atoms with Crippen LogP contribution in [0.4, 0.5) is 4.39 Å². The predicted molar refractivity (Wildman–Crippen MR) is 60.0 cm³/mol. The van der Waals surface area contributed by atoms with Gasteiger partial charge in [0.25, 0.3) is 0 Å². The minimum absolute atomic E-state index is 0.322. The Balaban J connectivity index is 2.59. The van der Waals surface area contributed by atoms with Crippen LogP contribution >= 0.6 is 0 Å². The third kappa shape index (κ3) is 1.76. The Morgan fingerprint density at radius 1 is 1.31 bits per heavy atom. The van der Waals surface area contributed by atoms with Crippen LogP contribution in [0, 0.1) is 5.82 Å². The molecule has 0 heterocycles. The number of fused-ring (bicyclic) bond motifs is 1. The van der Waals surface area contributed by atoms with Gasteiger partial charge in [-0.1, -0.05) is 24.3 Å². The molecule has 3 heteroatoms. The number of carboxylic acids is 1. The summed E-state index contributed by atoms with van der Waals surface area (Å²) in [7, 11) is 0. The van der Waals surface area contributed by atoms with Gasteiger partial charge in [-0.3, -0.25) is 4.79 Å². The van der Waals surface area contributed by atoms with Crippen molar-refractivity contribution in [3.8, 4) is 0 Å². The van der Waals surface area contributed by atoms with E-state index in [1.807, 2.05) is 0 Å². The number of hydrogen-bond acceptors (Lipinski definition) is 1. The van der Waals surface area contributed by atoms with Crippen molar-refractivity contribution in [1.29, 1.82) is 0 Å². The third-order valence-electron chi connectivity index (χ3n) is 2.72. The molecule has 0 aliphatic carbocycles. The van der Waals surface area contributed by atoms with Crippen LogP contribution in [0.5, 0.6) is 0 Å². The van der Waals surface area contributed by atoms with Gasteiger partial charge in [0.1, 0.15) is 5.82 Å². The lowest BCUT2D eigenvalue weighted by Crippen LogP contribution is -2.07. The summed E-state index contributed by atoms with van der Waals surface area (Å²) in [6, 6.07) is 9.88. The molecule has 2 rings (SSSR count). The molecule has 0 radical (unpaired) electrons. The van der Waals surface area contributed by atoms with Gasteiger partial charge in [-0.25, -0.2) is 4.39 Å². The van der Waals surface area contributed by atoms with E-state index in [1.165, 1.54) is 6.07 Å². The van der Waals surface area contributed by atoms with Crippen molar-refractivity contribution >= 4 is 16.7 Å². The van der Waals surface area contributed by atoms with Crippen molar-refractivity contribution in [3.05, 3.63) is 47.8 Å². The minimum atomic E-state index is -0.907. The molecule has 0 bridgehead atoms. The highest BCUT2D eigenvalue weighted by Crippen LogP contribution is 2.23. The molecule has 1 N–H and O–H groups in total. The Morgan fingerprint density at radius 2 is 2.06 bits per heavy atom. The van der Waals surface area contributed by atoms with Crippen LogP contribution in [0.15, 0.2) is 36.4 Å². The van der Waals surface area contributed by atoms with Gasteiger partial charge in [0.2, 0.25) is 0 Å². The molecule has 1 atom stereocenters. The largest absolute Gasteiger partial charge is 0.481 e. The normalized spacial score (nSPS) is 12.6. The monoisotopic (exact) mass is 218 g/mol. The van der Waals surface area contributed by atoms with Gasteiger partial charge in [0.05, 0.1) is 5.92 Å². The summed E-state index contributed by atoms with van der Waals surface area (Å²) in [6.07, 6.45) is 0. The SMILES string of the molecule is CC(C(=O)O)c1ccc2cccc(F)c2c1. The Labute approximate surface area is 92.3 Å². The Bertz CT molecular complexity index is 549. The number of rotatable bonds is 2. The summed E-state index contributed by atoms with van der Waals surface area (Å²) < 4.78 is 13.5. The summed E-state index contributed by atoms with van der Waals surface area (Å²) in [5.74, 6) is -1.85. The van der Waals surface area contributed by atoms with Crippen molar-refractivity contribution in [2.75, 3.05) is 0 Å². The molecule has 1 unspecified atom stereocenters. The second-order valence-electron chi connectivity index (χ2n) is 3.78. The number of hydrogen-bond donors (Lipinski definition) is 1. The molecule has 0 amide bonds. The van der Waals surface area contributed by atoms with Crippen LogP contribution in [0.25, 0.3) is 10.8 Å². The van der Waals surface area contributed by atoms with Crippen molar-refractivity contribution in [2.45, 2.75) is 12.8 Å². The predicted octanol–water partition coefficient (Wildman–Crippen LogP) is 3.17. The first-order chi connectivity index (χ1) is 7.59. The number of aliphatic carboxylic acids is 1. The van der Waals surface area contributed by atoms with E-state index >= 15 is 0 Å². The summed E-state index contributed by atoms with van der Waals surface area (Å²) in [5.41, 5.74) is 0.616. The summed E-state index contributed by atoms with van der Waals surface area (Å²) in [4.78, 5) is 10.8. The Morgan fingerprint density at radius 3 is 2.75 bits per heavy atom. The summed E-state index contributed by atoms with van der Waals surface area (Å²) in [6.45, 7) is 1.59. The molecule has 16 heavy (non-hydrogen) atoms. The molecular formula is C13H11FO2. The smallest absolute Gasteiger partial charge is 0.310 e. The van der Waals surface area contributed by atoms with Crippen LogP contribution in [-0.2, 0) is 4.79 Å². The van der Waals surface area contributed by atoms with Gasteiger partial charge in [0.15, 0.2) is 0 Å². The van der Waals surface area contributed by atoms with Crippen LogP contribution in [0.1, 0.15) is 18.4 Å². The van der Waals surface area contributed by atoms with E-state index in [2.05, 4.69) is 0 Å². The number of benzene rings is 2. The molecule has 0 saturated carbocycles. The number of halogens is 1. The van der Waals surface area contributed by atoms with Crippen LogP contribution in [0.3, 0.4) is 0 Å². The quantitative estimate of drug-likeness (QED) is 0.840. The molecule has 0 aliphatic rings. The molecular weight excluding hydrogens is 207 g/mol. The molecule has 0 fully saturated rings. The Hall–Kier alpha value is -1.90. The fourth-order valence-corrected chi connectivity index (χ4v) is 1.66. The molecule has 2 nitrogen and oxygen atoms in total. The zero-order valence-corrected chi connectivity index (χ0v) is 8.77. The highest BCUT2D eigenvalue weighted by atomic mass is 19.1. The maximum atomic E-state index is 13.5. The highest BCUT2D eigenvalue weighted by Gasteiger charge is 2.14. The molecule has 2 aromatic carbocycles. The van der Waals surface area contributed by atoms with E-state index in [1.54, 1.807) is 37.3 Å². The van der Waals surface area contributed by atoms with E-state index < -0.39 is 11.9 Å². The molecule has 0 saturated heterocycles. The van der Waals surface area contributed by atoms with Crippen molar-refractivity contribution < 1.29 is 14.3 Å². The van der Waals surface area contributed by atoms with Gasteiger partial charge >= 0.3 is 5.97 Å².